The number of hydrogen-bond acceptors (Lipinski definition) is 4. The van der Waals surface area contributed by atoms with Crippen LogP contribution in [0.3, 0.4) is 0 Å². The standard InChI is InChI=1S/C16H20ClN3O3/c1-9-7-10(2)13(12(17)8-9)19-15(22)16(23)20-14(21)11-3-5-18-6-4-11/h7-8,11,18H,3-6H2,1-2H3,(H,19,22)(H,20,21,23). The van der Waals surface area contributed by atoms with Crippen LogP contribution in [0.5, 0.6) is 0 Å². The van der Waals surface area contributed by atoms with Gasteiger partial charge in [0, 0.05) is 5.92 Å². The SMILES string of the molecule is Cc1cc(C)c(NC(=O)C(=O)NC(=O)C2CCNCC2)c(Cl)c1. The highest BCUT2D eigenvalue weighted by Crippen LogP contribution is 2.27. The van der Waals surface area contributed by atoms with Crippen molar-refractivity contribution >= 4 is 35.0 Å². The van der Waals surface area contributed by atoms with Crippen LogP contribution in [0.1, 0.15) is 24.0 Å². The normalized spacial score (nSPS) is 15.1. The molecule has 0 unspecified atom stereocenters. The maximum Gasteiger partial charge on any atom is 0.316 e. The number of amides is 3. The number of carbonyl (C=O) groups excluding carboxylic acids is 3. The summed E-state index contributed by atoms with van der Waals surface area (Å²) < 4.78 is 0. The summed E-state index contributed by atoms with van der Waals surface area (Å²) >= 11 is 6.09. The lowest BCUT2D eigenvalue weighted by Crippen LogP contribution is -2.44. The molecule has 124 valence electrons. The largest absolute Gasteiger partial charge is 0.317 e. The number of rotatable bonds is 2. The molecule has 0 radical (unpaired) electrons. The Bertz CT molecular complexity index is 616. The van der Waals surface area contributed by atoms with E-state index >= 15 is 0 Å². The van der Waals surface area contributed by atoms with Crippen molar-refractivity contribution in [3.05, 3.63) is 28.3 Å². The number of piperidine rings is 1. The van der Waals surface area contributed by atoms with Gasteiger partial charge in [0.05, 0.1) is 10.7 Å². The summed E-state index contributed by atoms with van der Waals surface area (Å²) in [7, 11) is 0. The predicted molar refractivity (Wildman–Crippen MR) is 88.3 cm³/mol. The maximum atomic E-state index is 12.0. The molecule has 1 aromatic rings. The van der Waals surface area contributed by atoms with E-state index < -0.39 is 17.7 Å². The van der Waals surface area contributed by atoms with Crippen molar-refractivity contribution in [3.8, 4) is 0 Å². The van der Waals surface area contributed by atoms with Crippen LogP contribution in [-0.4, -0.2) is 30.8 Å². The average molecular weight is 338 g/mol. The molecule has 7 heteroatoms. The molecule has 0 saturated carbocycles. The summed E-state index contributed by atoms with van der Waals surface area (Å²) in [6.45, 7) is 5.13. The van der Waals surface area contributed by atoms with Crippen molar-refractivity contribution in [2.24, 2.45) is 5.92 Å². The molecule has 0 spiro atoms. The number of carbonyl (C=O) groups is 3. The monoisotopic (exact) mass is 337 g/mol. The van der Waals surface area contributed by atoms with Crippen molar-refractivity contribution in [2.75, 3.05) is 18.4 Å². The Morgan fingerprint density at radius 1 is 1.13 bits per heavy atom. The van der Waals surface area contributed by atoms with Gasteiger partial charge in [0.1, 0.15) is 0 Å². The van der Waals surface area contributed by atoms with Crippen LogP contribution in [-0.2, 0) is 14.4 Å². The van der Waals surface area contributed by atoms with Gasteiger partial charge in [0.2, 0.25) is 5.91 Å². The number of anilines is 1. The highest BCUT2D eigenvalue weighted by Gasteiger charge is 2.25. The minimum Gasteiger partial charge on any atom is -0.317 e. The summed E-state index contributed by atoms with van der Waals surface area (Å²) in [5.41, 5.74) is 2.09. The lowest BCUT2D eigenvalue weighted by atomic mass is 9.97. The first kappa shape index (κ1) is 17.4. The van der Waals surface area contributed by atoms with Gasteiger partial charge in [-0.25, -0.2) is 0 Å². The Balaban J connectivity index is 1.97. The van der Waals surface area contributed by atoms with Crippen molar-refractivity contribution in [2.45, 2.75) is 26.7 Å². The molecule has 0 aromatic heterocycles. The molecule has 2 rings (SSSR count). The third-order valence-electron chi connectivity index (χ3n) is 3.82. The summed E-state index contributed by atoms with van der Waals surface area (Å²) in [6.07, 6.45) is 1.31. The number of nitrogens with one attached hydrogen (secondary N) is 3. The van der Waals surface area contributed by atoms with Gasteiger partial charge >= 0.3 is 11.8 Å². The van der Waals surface area contributed by atoms with Crippen molar-refractivity contribution in [3.63, 3.8) is 0 Å². The molecule has 3 N–H and O–H groups in total. The second-order valence-electron chi connectivity index (χ2n) is 5.74. The third-order valence-corrected chi connectivity index (χ3v) is 4.12. The summed E-state index contributed by atoms with van der Waals surface area (Å²) in [4.78, 5) is 35.8. The Morgan fingerprint density at radius 3 is 2.39 bits per heavy atom. The van der Waals surface area contributed by atoms with Gasteiger partial charge in [-0.15, -0.1) is 0 Å². The van der Waals surface area contributed by atoms with Gasteiger partial charge < -0.3 is 10.6 Å². The molecule has 0 atom stereocenters. The molecule has 1 heterocycles. The number of halogens is 1. The second kappa shape index (κ2) is 7.57. The first-order chi connectivity index (χ1) is 10.9. The molecular weight excluding hydrogens is 318 g/mol. The maximum absolute atomic E-state index is 12.0. The lowest BCUT2D eigenvalue weighted by molar-refractivity contribution is -0.141. The van der Waals surface area contributed by atoms with Crippen molar-refractivity contribution in [1.82, 2.24) is 10.6 Å². The molecule has 0 aliphatic carbocycles. The number of hydrogen-bond donors (Lipinski definition) is 3. The van der Waals surface area contributed by atoms with Crippen LogP contribution in [0.25, 0.3) is 0 Å². The van der Waals surface area contributed by atoms with E-state index in [1.165, 1.54) is 0 Å². The van der Waals surface area contributed by atoms with Gasteiger partial charge in [0.15, 0.2) is 0 Å². The van der Waals surface area contributed by atoms with E-state index in [1.54, 1.807) is 13.0 Å². The van der Waals surface area contributed by atoms with Gasteiger partial charge in [-0.3, -0.25) is 19.7 Å². The first-order valence-electron chi connectivity index (χ1n) is 7.52. The number of benzene rings is 1. The Kier molecular flexibility index (Phi) is 5.74. The highest BCUT2D eigenvalue weighted by atomic mass is 35.5. The molecule has 1 aliphatic rings. The van der Waals surface area contributed by atoms with Crippen LogP contribution in [0.2, 0.25) is 5.02 Å². The topological polar surface area (TPSA) is 87.3 Å². The van der Waals surface area contributed by atoms with Crippen LogP contribution in [0.15, 0.2) is 12.1 Å². The lowest BCUT2D eigenvalue weighted by Gasteiger charge is -2.21. The molecule has 1 fully saturated rings. The third kappa shape index (κ3) is 4.53. The van der Waals surface area contributed by atoms with Crippen molar-refractivity contribution < 1.29 is 14.4 Å². The zero-order chi connectivity index (χ0) is 17.0. The Morgan fingerprint density at radius 2 is 1.78 bits per heavy atom. The van der Waals surface area contributed by atoms with E-state index in [0.717, 1.165) is 24.2 Å². The van der Waals surface area contributed by atoms with Crippen LogP contribution >= 0.6 is 11.6 Å². The van der Waals surface area contributed by atoms with E-state index in [1.807, 2.05) is 13.0 Å². The average Bonchev–Trinajstić information content (AvgIpc) is 2.51. The van der Waals surface area contributed by atoms with Crippen LogP contribution in [0, 0.1) is 19.8 Å². The van der Waals surface area contributed by atoms with Crippen LogP contribution in [0.4, 0.5) is 5.69 Å². The summed E-state index contributed by atoms with van der Waals surface area (Å²) in [5.74, 6) is -2.51. The zero-order valence-electron chi connectivity index (χ0n) is 13.2. The Hall–Kier alpha value is -1.92. The number of aryl methyl sites for hydroxylation is 2. The van der Waals surface area contributed by atoms with Gasteiger partial charge in [-0.1, -0.05) is 17.7 Å². The number of imide groups is 1. The molecule has 3 amide bonds. The van der Waals surface area contributed by atoms with Gasteiger partial charge in [-0.2, -0.15) is 0 Å². The fraction of sp³-hybridized carbons (Fsp3) is 0.438. The Labute approximate surface area is 140 Å². The molecule has 1 aromatic carbocycles. The van der Waals surface area contributed by atoms with E-state index in [9.17, 15) is 14.4 Å². The fourth-order valence-electron chi connectivity index (χ4n) is 2.60. The summed E-state index contributed by atoms with van der Waals surface area (Å²) in [6, 6.07) is 3.54. The van der Waals surface area contributed by atoms with Gasteiger partial charge in [0.25, 0.3) is 0 Å². The van der Waals surface area contributed by atoms with E-state index in [0.29, 0.717) is 23.6 Å². The zero-order valence-corrected chi connectivity index (χ0v) is 13.9. The first-order valence-corrected chi connectivity index (χ1v) is 7.90. The highest BCUT2D eigenvalue weighted by molar-refractivity contribution is 6.43. The fourth-order valence-corrected chi connectivity index (χ4v) is 2.97. The van der Waals surface area contributed by atoms with E-state index in [-0.39, 0.29) is 5.92 Å². The van der Waals surface area contributed by atoms with E-state index in [2.05, 4.69) is 16.0 Å². The smallest absolute Gasteiger partial charge is 0.316 e. The molecule has 1 aliphatic heterocycles. The van der Waals surface area contributed by atoms with Crippen LogP contribution < -0.4 is 16.0 Å². The molecule has 6 nitrogen and oxygen atoms in total. The molecule has 1 saturated heterocycles. The molecular formula is C16H20ClN3O3. The minimum absolute atomic E-state index is 0.238. The second-order valence-corrected chi connectivity index (χ2v) is 6.14. The predicted octanol–water partition coefficient (Wildman–Crippen LogP) is 1.54. The molecule has 23 heavy (non-hydrogen) atoms. The molecule has 0 bridgehead atoms. The van der Waals surface area contributed by atoms with Gasteiger partial charge in [-0.05, 0) is 57.0 Å². The quantitative estimate of drug-likeness (QED) is 0.714. The van der Waals surface area contributed by atoms with E-state index in [4.69, 9.17) is 11.6 Å². The van der Waals surface area contributed by atoms with Crippen molar-refractivity contribution in [1.29, 1.82) is 0 Å². The summed E-state index contributed by atoms with van der Waals surface area (Å²) in [5, 5.41) is 8.12. The minimum atomic E-state index is -0.968.